The average molecular weight is 192 g/mol. The number of carbonyl (C=O) groups is 2. The van der Waals surface area contributed by atoms with Crippen molar-refractivity contribution in [2.45, 2.75) is 13.3 Å². The predicted octanol–water partition coefficient (Wildman–Crippen LogP) is 0.552. The van der Waals surface area contributed by atoms with Crippen LogP contribution in [0.5, 0.6) is 0 Å². The van der Waals surface area contributed by atoms with Crippen LogP contribution in [0.1, 0.15) is 13.3 Å². The first-order valence-electron chi connectivity index (χ1n) is 3.64. The molecule has 12 heavy (non-hydrogen) atoms. The van der Waals surface area contributed by atoms with Crippen LogP contribution in [-0.4, -0.2) is 29.9 Å². The van der Waals surface area contributed by atoms with Crippen molar-refractivity contribution < 1.29 is 14.4 Å². The van der Waals surface area contributed by atoms with Gasteiger partial charge in [-0.1, -0.05) is 0 Å². The highest BCUT2D eigenvalue weighted by atomic mass is 35.5. The number of carbonyl (C=O) groups excluding carboxylic acids is 2. The molecule has 0 spiro atoms. The summed E-state index contributed by atoms with van der Waals surface area (Å²) in [6.07, 6.45) is 0.628. The number of hydrogen-bond acceptors (Lipinski definition) is 4. The van der Waals surface area contributed by atoms with Crippen LogP contribution in [0.15, 0.2) is 0 Å². The monoisotopic (exact) mass is 191 g/mol. The fourth-order valence-electron chi connectivity index (χ4n) is 1.23. The second-order valence-electron chi connectivity index (χ2n) is 3.15. The molecule has 68 valence electrons. The molecule has 0 amide bonds. The van der Waals surface area contributed by atoms with Gasteiger partial charge in [0.25, 0.3) is 0 Å². The number of hydroxylamine groups is 2. The molecule has 1 aliphatic rings. The Morgan fingerprint density at radius 3 is 2.83 bits per heavy atom. The van der Waals surface area contributed by atoms with Crippen molar-refractivity contribution in [3.8, 4) is 0 Å². The summed E-state index contributed by atoms with van der Waals surface area (Å²) < 4.78 is 0. The summed E-state index contributed by atoms with van der Waals surface area (Å²) in [5.74, 6) is 0. The van der Waals surface area contributed by atoms with Gasteiger partial charge in [-0.3, -0.25) is 9.59 Å². The Morgan fingerprint density at radius 1 is 1.75 bits per heavy atom. The van der Waals surface area contributed by atoms with Crippen LogP contribution >= 0.6 is 11.6 Å². The van der Waals surface area contributed by atoms with Gasteiger partial charge in [0.2, 0.25) is 5.24 Å². The Balaban J connectivity index is 2.54. The standard InChI is InChI=1S/C7H10ClNO3/c1-7(6(8)11)2-3-9(4-7)12-5-10/h5H,2-4H2,1H3/t7-/m0/s1. The maximum absolute atomic E-state index is 10.9. The van der Waals surface area contributed by atoms with E-state index in [1.807, 2.05) is 0 Å². The second kappa shape index (κ2) is 3.41. The molecular formula is C7H10ClNO3. The predicted molar refractivity (Wildman–Crippen MR) is 42.3 cm³/mol. The Hall–Kier alpha value is -0.610. The zero-order valence-corrected chi connectivity index (χ0v) is 7.50. The molecule has 0 saturated carbocycles. The van der Waals surface area contributed by atoms with Gasteiger partial charge in [0.15, 0.2) is 0 Å². The molecule has 1 saturated heterocycles. The van der Waals surface area contributed by atoms with E-state index in [-0.39, 0.29) is 5.24 Å². The van der Waals surface area contributed by atoms with E-state index in [0.29, 0.717) is 26.0 Å². The zero-order valence-electron chi connectivity index (χ0n) is 6.75. The van der Waals surface area contributed by atoms with E-state index < -0.39 is 5.41 Å². The summed E-state index contributed by atoms with van der Waals surface area (Å²) in [5.41, 5.74) is -0.565. The summed E-state index contributed by atoms with van der Waals surface area (Å²) in [6, 6.07) is 0. The van der Waals surface area contributed by atoms with Gasteiger partial charge in [-0.15, -0.1) is 5.06 Å². The molecule has 0 N–H and O–H groups in total. The lowest BCUT2D eigenvalue weighted by Crippen LogP contribution is -2.29. The summed E-state index contributed by atoms with van der Waals surface area (Å²) >= 11 is 5.38. The molecule has 4 nitrogen and oxygen atoms in total. The maximum Gasteiger partial charge on any atom is 0.312 e. The molecule has 1 fully saturated rings. The van der Waals surface area contributed by atoms with E-state index in [9.17, 15) is 9.59 Å². The first kappa shape index (κ1) is 9.48. The lowest BCUT2D eigenvalue weighted by atomic mass is 9.92. The molecule has 1 atom stereocenters. The van der Waals surface area contributed by atoms with Crippen LogP contribution in [0.4, 0.5) is 0 Å². The molecule has 5 heteroatoms. The molecule has 1 rings (SSSR count). The maximum atomic E-state index is 10.9. The van der Waals surface area contributed by atoms with Gasteiger partial charge in [-0.25, -0.2) is 0 Å². The van der Waals surface area contributed by atoms with E-state index in [2.05, 4.69) is 4.84 Å². The molecule has 0 bridgehead atoms. The van der Waals surface area contributed by atoms with E-state index in [1.54, 1.807) is 6.92 Å². The van der Waals surface area contributed by atoms with Crippen LogP contribution in [-0.2, 0) is 14.4 Å². The van der Waals surface area contributed by atoms with Crippen molar-refractivity contribution in [1.82, 2.24) is 5.06 Å². The van der Waals surface area contributed by atoms with Gasteiger partial charge >= 0.3 is 6.47 Å². The van der Waals surface area contributed by atoms with E-state index in [0.717, 1.165) is 0 Å². The molecule has 0 aromatic heterocycles. The minimum atomic E-state index is -0.565. The van der Waals surface area contributed by atoms with Crippen molar-refractivity contribution in [2.24, 2.45) is 5.41 Å². The quantitative estimate of drug-likeness (QED) is 0.483. The summed E-state index contributed by atoms with van der Waals surface area (Å²) in [7, 11) is 0. The summed E-state index contributed by atoms with van der Waals surface area (Å²) in [6.45, 7) is 3.06. The van der Waals surface area contributed by atoms with Crippen molar-refractivity contribution >= 4 is 23.3 Å². The third-order valence-corrected chi connectivity index (χ3v) is 2.56. The Labute approximate surface area is 75.4 Å². The van der Waals surface area contributed by atoms with Crippen LogP contribution in [0, 0.1) is 5.41 Å². The molecule has 0 radical (unpaired) electrons. The molecule has 1 heterocycles. The van der Waals surface area contributed by atoms with Crippen LogP contribution in [0.3, 0.4) is 0 Å². The van der Waals surface area contributed by atoms with Gasteiger partial charge in [0.05, 0.1) is 5.41 Å². The van der Waals surface area contributed by atoms with Gasteiger partial charge in [-0.05, 0) is 24.9 Å². The fraction of sp³-hybridized carbons (Fsp3) is 0.714. The third kappa shape index (κ3) is 1.76. The fourth-order valence-corrected chi connectivity index (χ4v) is 1.38. The Morgan fingerprint density at radius 2 is 2.42 bits per heavy atom. The number of nitrogens with zero attached hydrogens (tertiary/aromatic N) is 1. The highest BCUT2D eigenvalue weighted by Crippen LogP contribution is 2.31. The van der Waals surface area contributed by atoms with Crippen molar-refractivity contribution in [1.29, 1.82) is 0 Å². The van der Waals surface area contributed by atoms with E-state index in [1.165, 1.54) is 5.06 Å². The third-order valence-electron chi connectivity index (χ3n) is 2.10. The minimum absolute atomic E-state index is 0.352. The molecule has 0 aromatic rings. The smallest absolute Gasteiger partial charge is 0.312 e. The average Bonchev–Trinajstić information content (AvgIpc) is 2.34. The van der Waals surface area contributed by atoms with Crippen LogP contribution in [0.2, 0.25) is 0 Å². The normalized spacial score (nSPS) is 30.2. The number of rotatable bonds is 3. The van der Waals surface area contributed by atoms with Gasteiger partial charge in [-0.2, -0.15) is 0 Å². The number of hydrogen-bond donors (Lipinski definition) is 0. The highest BCUT2D eigenvalue weighted by Gasteiger charge is 2.40. The van der Waals surface area contributed by atoms with Gasteiger partial charge in [0.1, 0.15) is 0 Å². The van der Waals surface area contributed by atoms with Gasteiger partial charge in [0, 0.05) is 13.1 Å². The highest BCUT2D eigenvalue weighted by molar-refractivity contribution is 6.64. The second-order valence-corrected chi connectivity index (χ2v) is 3.49. The summed E-state index contributed by atoms with van der Waals surface area (Å²) in [5, 5.41) is 1.06. The summed E-state index contributed by atoms with van der Waals surface area (Å²) in [4.78, 5) is 25.5. The SMILES string of the molecule is C[C@]1(C(=O)Cl)CCN(OC=O)C1. The van der Waals surface area contributed by atoms with Crippen LogP contribution in [0.25, 0.3) is 0 Å². The molecular weight excluding hydrogens is 182 g/mol. The largest absolute Gasteiger partial charge is 0.371 e. The molecule has 0 aromatic carbocycles. The van der Waals surface area contributed by atoms with Crippen LogP contribution < -0.4 is 0 Å². The first-order valence-corrected chi connectivity index (χ1v) is 4.01. The first-order chi connectivity index (χ1) is 5.58. The van der Waals surface area contributed by atoms with Gasteiger partial charge < -0.3 is 4.84 Å². The van der Waals surface area contributed by atoms with E-state index >= 15 is 0 Å². The minimum Gasteiger partial charge on any atom is -0.371 e. The Kier molecular flexibility index (Phi) is 2.69. The number of halogens is 1. The van der Waals surface area contributed by atoms with Crippen molar-refractivity contribution in [2.75, 3.05) is 13.1 Å². The zero-order chi connectivity index (χ0) is 9.19. The lowest BCUT2D eigenvalue weighted by Gasteiger charge is -2.17. The topological polar surface area (TPSA) is 46.6 Å². The lowest BCUT2D eigenvalue weighted by molar-refractivity contribution is -0.170. The molecule has 1 aliphatic heterocycles. The molecule has 0 aliphatic carbocycles. The van der Waals surface area contributed by atoms with Crippen molar-refractivity contribution in [3.05, 3.63) is 0 Å². The Bertz CT molecular complexity index is 209. The van der Waals surface area contributed by atoms with Crippen molar-refractivity contribution in [3.63, 3.8) is 0 Å². The molecule has 0 unspecified atom stereocenters. The van der Waals surface area contributed by atoms with E-state index in [4.69, 9.17) is 11.6 Å².